The quantitative estimate of drug-likeness (QED) is 0.678. The molecule has 3 heterocycles. The molecule has 1 amide bonds. The van der Waals surface area contributed by atoms with Crippen LogP contribution in [0.4, 0.5) is 0 Å². The normalized spacial score (nSPS) is 16.5. The number of likely N-dealkylation sites (N-methyl/N-ethyl adjacent to an activating group) is 1. The molecule has 0 saturated heterocycles. The van der Waals surface area contributed by atoms with Crippen molar-refractivity contribution in [2.45, 2.75) is 52.2 Å². The summed E-state index contributed by atoms with van der Waals surface area (Å²) in [4.78, 5) is 27.9. The number of hydrogen-bond acceptors (Lipinski definition) is 4. The molecular formula is C23H32N6O2. The van der Waals surface area contributed by atoms with Gasteiger partial charge in [0, 0.05) is 38.0 Å². The molecule has 0 bridgehead atoms. The lowest BCUT2D eigenvalue weighted by molar-refractivity contribution is 0.0924. The second kappa shape index (κ2) is 8.34. The summed E-state index contributed by atoms with van der Waals surface area (Å²) < 4.78 is 5.34. The van der Waals surface area contributed by atoms with Crippen molar-refractivity contribution >= 4 is 16.8 Å². The molecule has 0 spiro atoms. The third-order valence-electron chi connectivity index (χ3n) is 6.39. The number of hydrogen-bond donors (Lipinski definition) is 1. The Morgan fingerprint density at radius 3 is 2.74 bits per heavy atom. The van der Waals surface area contributed by atoms with Gasteiger partial charge < -0.3 is 14.8 Å². The van der Waals surface area contributed by atoms with Crippen molar-refractivity contribution in [2.75, 3.05) is 20.6 Å². The second-order valence-corrected chi connectivity index (χ2v) is 8.88. The van der Waals surface area contributed by atoms with E-state index < -0.39 is 0 Å². The zero-order chi connectivity index (χ0) is 22.3. The molecule has 1 aromatic carbocycles. The Kier molecular flexibility index (Phi) is 5.75. The monoisotopic (exact) mass is 424 g/mol. The number of aryl methyl sites for hydroxylation is 4. The largest absolute Gasteiger partial charge is 0.348 e. The zero-order valence-electron chi connectivity index (χ0n) is 19.1. The molecule has 1 aliphatic rings. The first kappa shape index (κ1) is 21.4. The van der Waals surface area contributed by atoms with Crippen LogP contribution in [-0.4, -0.2) is 56.4 Å². The van der Waals surface area contributed by atoms with Gasteiger partial charge in [-0.25, -0.2) is 9.48 Å². The number of amides is 1. The lowest BCUT2D eigenvalue weighted by atomic mass is 10.1. The summed E-state index contributed by atoms with van der Waals surface area (Å²) in [5.74, 6) is 0.764. The van der Waals surface area contributed by atoms with E-state index in [4.69, 9.17) is 0 Å². The van der Waals surface area contributed by atoms with Crippen LogP contribution in [0.2, 0.25) is 0 Å². The molecule has 8 nitrogen and oxygen atoms in total. The third-order valence-corrected chi connectivity index (χ3v) is 6.39. The van der Waals surface area contributed by atoms with Gasteiger partial charge in [0.05, 0.1) is 12.1 Å². The maximum atomic E-state index is 13.2. The smallest absolute Gasteiger partial charge is 0.345 e. The van der Waals surface area contributed by atoms with E-state index in [-0.39, 0.29) is 17.6 Å². The topological polar surface area (TPSA) is 77.1 Å². The lowest BCUT2D eigenvalue weighted by Gasteiger charge is -2.17. The summed E-state index contributed by atoms with van der Waals surface area (Å²) in [5.41, 5.74) is 3.92. The van der Waals surface area contributed by atoms with E-state index in [2.05, 4.69) is 29.5 Å². The number of carbonyl (C=O) groups is 1. The van der Waals surface area contributed by atoms with Gasteiger partial charge in [0.2, 0.25) is 0 Å². The van der Waals surface area contributed by atoms with Gasteiger partial charge in [-0.2, -0.15) is 5.10 Å². The minimum atomic E-state index is -0.0523. The Bertz CT molecular complexity index is 1180. The number of nitrogens with one attached hydrogen (secondary N) is 1. The van der Waals surface area contributed by atoms with Crippen LogP contribution >= 0.6 is 0 Å². The van der Waals surface area contributed by atoms with E-state index in [1.807, 2.05) is 43.6 Å². The molecule has 1 N–H and O–H groups in total. The summed E-state index contributed by atoms with van der Waals surface area (Å²) in [5, 5.41) is 8.88. The van der Waals surface area contributed by atoms with Crippen molar-refractivity contribution in [3.63, 3.8) is 0 Å². The van der Waals surface area contributed by atoms with Crippen LogP contribution < -0.4 is 11.0 Å². The molecule has 0 aliphatic carbocycles. The van der Waals surface area contributed by atoms with Crippen LogP contribution in [-0.2, 0) is 26.6 Å². The van der Waals surface area contributed by atoms with Crippen LogP contribution in [0, 0.1) is 13.8 Å². The average molecular weight is 425 g/mol. The lowest BCUT2D eigenvalue weighted by Crippen LogP contribution is -2.37. The minimum Gasteiger partial charge on any atom is -0.348 e. The predicted molar refractivity (Wildman–Crippen MR) is 122 cm³/mol. The molecule has 4 rings (SSSR count). The van der Waals surface area contributed by atoms with Crippen molar-refractivity contribution in [3.05, 3.63) is 51.3 Å². The van der Waals surface area contributed by atoms with E-state index in [1.54, 1.807) is 9.25 Å². The van der Waals surface area contributed by atoms with Gasteiger partial charge in [-0.1, -0.05) is 18.2 Å². The molecule has 1 unspecified atom stereocenters. The summed E-state index contributed by atoms with van der Waals surface area (Å²) in [6.07, 6.45) is 2.18. The summed E-state index contributed by atoms with van der Waals surface area (Å²) >= 11 is 0. The van der Waals surface area contributed by atoms with Crippen LogP contribution in [0.15, 0.2) is 23.0 Å². The fourth-order valence-corrected chi connectivity index (χ4v) is 4.69. The Balaban J connectivity index is 1.49. The number of aromatic nitrogens is 4. The highest BCUT2D eigenvalue weighted by Crippen LogP contribution is 2.27. The number of fused-ring (bicyclic) bond motifs is 2. The molecule has 1 atom stereocenters. The van der Waals surface area contributed by atoms with Crippen LogP contribution in [0.3, 0.4) is 0 Å². The molecule has 1 aliphatic heterocycles. The van der Waals surface area contributed by atoms with Gasteiger partial charge in [-0.3, -0.25) is 9.36 Å². The Labute approximate surface area is 182 Å². The maximum Gasteiger partial charge on any atom is 0.345 e. The highest BCUT2D eigenvalue weighted by molar-refractivity contribution is 6.02. The van der Waals surface area contributed by atoms with E-state index >= 15 is 0 Å². The highest BCUT2D eigenvalue weighted by Gasteiger charge is 2.25. The average Bonchev–Trinajstić information content (AvgIpc) is 3.06. The van der Waals surface area contributed by atoms with Gasteiger partial charge in [0.15, 0.2) is 0 Å². The zero-order valence-corrected chi connectivity index (χ0v) is 19.1. The summed E-state index contributed by atoms with van der Waals surface area (Å²) in [6.45, 7) is 6.02. The van der Waals surface area contributed by atoms with Crippen molar-refractivity contribution in [1.82, 2.24) is 29.1 Å². The Morgan fingerprint density at radius 2 is 2.03 bits per heavy atom. The third kappa shape index (κ3) is 3.92. The molecule has 2 aromatic heterocycles. The minimum absolute atomic E-state index is 0.0161. The number of nitrogens with zero attached hydrogens (tertiary/aromatic N) is 5. The fourth-order valence-electron chi connectivity index (χ4n) is 4.69. The SMILES string of the molecule is Cc1c(C(=O)NC2CCc3nn(CCN(C)C)c(=O)n3CC2)n(C)c2c(C)cccc12. The predicted octanol–water partition coefficient (Wildman–Crippen LogP) is 1.85. The summed E-state index contributed by atoms with van der Waals surface area (Å²) in [6, 6.07) is 6.19. The number of para-hydroxylation sites is 1. The van der Waals surface area contributed by atoms with Gasteiger partial charge in [-0.15, -0.1) is 0 Å². The van der Waals surface area contributed by atoms with Gasteiger partial charge in [0.25, 0.3) is 5.91 Å². The molecule has 3 aromatic rings. The molecule has 0 fully saturated rings. The molecule has 166 valence electrons. The number of rotatable bonds is 5. The van der Waals surface area contributed by atoms with Gasteiger partial charge in [-0.05, 0) is 51.9 Å². The number of carbonyl (C=O) groups excluding carboxylic acids is 1. The Hall–Kier alpha value is -2.87. The molecule has 0 saturated carbocycles. The van der Waals surface area contributed by atoms with E-state index in [1.165, 1.54) is 0 Å². The van der Waals surface area contributed by atoms with Gasteiger partial charge in [0.1, 0.15) is 11.5 Å². The summed E-state index contributed by atoms with van der Waals surface area (Å²) in [7, 11) is 5.92. The van der Waals surface area contributed by atoms with E-state index in [9.17, 15) is 9.59 Å². The first-order valence-corrected chi connectivity index (χ1v) is 10.9. The van der Waals surface area contributed by atoms with Crippen LogP contribution in [0.5, 0.6) is 0 Å². The van der Waals surface area contributed by atoms with E-state index in [0.29, 0.717) is 25.2 Å². The fraction of sp³-hybridized carbons (Fsp3) is 0.522. The standard InChI is InChI=1S/C23H32N6O2/c1-15-7-6-8-18-16(2)21(27(5)20(15)18)22(30)24-17-9-10-19-25-29(14-13-26(3)4)23(31)28(19)12-11-17/h6-8,17H,9-14H2,1-5H3,(H,24,30). The van der Waals surface area contributed by atoms with Crippen LogP contribution in [0.25, 0.3) is 10.9 Å². The molecule has 0 radical (unpaired) electrons. The molecule has 31 heavy (non-hydrogen) atoms. The highest BCUT2D eigenvalue weighted by atomic mass is 16.2. The number of benzene rings is 1. The van der Waals surface area contributed by atoms with Gasteiger partial charge >= 0.3 is 5.69 Å². The molecule has 8 heteroatoms. The Morgan fingerprint density at radius 1 is 1.26 bits per heavy atom. The van der Waals surface area contributed by atoms with Crippen molar-refractivity contribution in [2.24, 2.45) is 7.05 Å². The van der Waals surface area contributed by atoms with Crippen molar-refractivity contribution < 1.29 is 4.79 Å². The first-order valence-electron chi connectivity index (χ1n) is 10.9. The second-order valence-electron chi connectivity index (χ2n) is 8.88. The van der Waals surface area contributed by atoms with Crippen LogP contribution in [0.1, 0.15) is 40.3 Å². The van der Waals surface area contributed by atoms with Crippen molar-refractivity contribution in [1.29, 1.82) is 0 Å². The first-order chi connectivity index (χ1) is 14.8. The van der Waals surface area contributed by atoms with Crippen molar-refractivity contribution in [3.8, 4) is 0 Å². The molecular weight excluding hydrogens is 392 g/mol. The maximum absolute atomic E-state index is 13.2. The van der Waals surface area contributed by atoms with E-state index in [0.717, 1.165) is 47.2 Å².